The first-order valence-electron chi connectivity index (χ1n) is 7.32. The van der Waals surface area contributed by atoms with Crippen molar-refractivity contribution in [3.8, 4) is 0 Å². The highest BCUT2D eigenvalue weighted by Crippen LogP contribution is 2.10. The van der Waals surface area contributed by atoms with Crippen LogP contribution in [0.1, 0.15) is 30.6 Å². The molecule has 2 aromatic heterocycles. The van der Waals surface area contributed by atoms with Crippen LogP contribution in [0, 0.1) is 0 Å². The van der Waals surface area contributed by atoms with Crippen molar-refractivity contribution in [3.63, 3.8) is 0 Å². The Morgan fingerprint density at radius 3 is 2.82 bits per heavy atom. The smallest absolute Gasteiger partial charge is 0.265 e. The van der Waals surface area contributed by atoms with Crippen LogP contribution in [0.3, 0.4) is 0 Å². The number of rotatable bonds is 3. The third kappa shape index (κ3) is 2.45. The molecule has 0 aliphatic heterocycles. The zero-order chi connectivity index (χ0) is 15.7. The van der Waals surface area contributed by atoms with Crippen molar-refractivity contribution in [1.29, 1.82) is 0 Å². The van der Waals surface area contributed by atoms with Crippen LogP contribution in [-0.4, -0.2) is 21.3 Å². The number of nitrogens with zero attached hydrogens (tertiary/aromatic N) is 2. The van der Waals surface area contributed by atoms with Gasteiger partial charge in [0, 0.05) is 12.2 Å². The number of hydrogen-bond acceptors (Lipinski definition) is 3. The lowest BCUT2D eigenvalue weighted by Crippen LogP contribution is -2.32. The van der Waals surface area contributed by atoms with Crippen molar-refractivity contribution >= 4 is 22.5 Å². The number of fused-ring (bicyclic) bond motifs is 2. The molecule has 1 amide bonds. The maximum absolute atomic E-state index is 12.5. The molecule has 0 fully saturated rings. The molecule has 3 aromatic rings. The van der Waals surface area contributed by atoms with E-state index >= 15 is 0 Å². The number of hydrogen-bond donors (Lipinski definition) is 1. The number of amides is 1. The summed E-state index contributed by atoms with van der Waals surface area (Å²) >= 11 is 0. The number of para-hydroxylation sites is 1. The Morgan fingerprint density at radius 2 is 2.05 bits per heavy atom. The number of carbonyl (C=O) groups is 1. The molecule has 0 saturated heterocycles. The average Bonchev–Trinajstić information content (AvgIpc) is 2.54. The summed E-state index contributed by atoms with van der Waals surface area (Å²) in [4.78, 5) is 29.2. The van der Waals surface area contributed by atoms with Gasteiger partial charge in [0.25, 0.3) is 11.5 Å². The summed E-state index contributed by atoms with van der Waals surface area (Å²) in [6, 6.07) is 10.7. The SMILES string of the molecule is CC[C@H](C)NC(=O)c1ccc2nc3ccccc3c(=O)n2c1. The van der Waals surface area contributed by atoms with Gasteiger partial charge >= 0.3 is 0 Å². The zero-order valence-electron chi connectivity index (χ0n) is 12.5. The summed E-state index contributed by atoms with van der Waals surface area (Å²) in [6.45, 7) is 3.95. The maximum atomic E-state index is 12.5. The topological polar surface area (TPSA) is 63.5 Å². The van der Waals surface area contributed by atoms with Gasteiger partial charge in [-0.15, -0.1) is 0 Å². The van der Waals surface area contributed by atoms with E-state index in [0.717, 1.165) is 6.42 Å². The molecule has 22 heavy (non-hydrogen) atoms. The molecular weight excluding hydrogens is 278 g/mol. The summed E-state index contributed by atoms with van der Waals surface area (Å²) in [7, 11) is 0. The highest BCUT2D eigenvalue weighted by Gasteiger charge is 2.11. The van der Waals surface area contributed by atoms with Crippen molar-refractivity contribution < 1.29 is 4.79 Å². The highest BCUT2D eigenvalue weighted by atomic mass is 16.2. The van der Waals surface area contributed by atoms with E-state index in [2.05, 4.69) is 10.3 Å². The lowest BCUT2D eigenvalue weighted by molar-refractivity contribution is 0.0939. The Bertz CT molecular complexity index is 915. The van der Waals surface area contributed by atoms with Crippen LogP contribution < -0.4 is 10.9 Å². The normalized spacial score (nSPS) is 12.5. The van der Waals surface area contributed by atoms with Crippen molar-refractivity contribution in [1.82, 2.24) is 14.7 Å². The van der Waals surface area contributed by atoms with Gasteiger partial charge in [-0.1, -0.05) is 19.1 Å². The molecule has 112 valence electrons. The summed E-state index contributed by atoms with van der Waals surface area (Å²) in [5.41, 5.74) is 1.47. The number of benzene rings is 1. The summed E-state index contributed by atoms with van der Waals surface area (Å²) in [5.74, 6) is -0.184. The van der Waals surface area contributed by atoms with Gasteiger partial charge < -0.3 is 5.32 Å². The van der Waals surface area contributed by atoms with Gasteiger partial charge in [-0.3, -0.25) is 14.0 Å². The Hall–Kier alpha value is -2.69. The lowest BCUT2D eigenvalue weighted by atomic mass is 10.2. The van der Waals surface area contributed by atoms with Gasteiger partial charge in [0.1, 0.15) is 5.65 Å². The van der Waals surface area contributed by atoms with Crippen molar-refractivity contribution in [2.24, 2.45) is 0 Å². The van der Waals surface area contributed by atoms with Crippen LogP contribution in [0.15, 0.2) is 47.4 Å². The van der Waals surface area contributed by atoms with E-state index in [1.54, 1.807) is 36.5 Å². The Balaban J connectivity index is 2.13. The molecule has 5 heteroatoms. The summed E-state index contributed by atoms with van der Waals surface area (Å²) < 4.78 is 1.42. The lowest BCUT2D eigenvalue weighted by Gasteiger charge is -2.12. The molecule has 0 saturated carbocycles. The minimum Gasteiger partial charge on any atom is -0.350 e. The molecular formula is C17H17N3O2. The van der Waals surface area contributed by atoms with Crippen LogP contribution in [0.5, 0.6) is 0 Å². The standard InChI is InChI=1S/C17H17N3O2/c1-3-11(2)18-16(21)12-8-9-15-19-14-7-5-4-6-13(14)17(22)20(15)10-12/h4-11H,3H2,1-2H3,(H,18,21)/t11-/m0/s1. The molecule has 0 unspecified atom stereocenters. The van der Waals surface area contributed by atoms with E-state index in [4.69, 9.17) is 0 Å². The maximum Gasteiger partial charge on any atom is 0.265 e. The molecule has 1 aromatic carbocycles. The first kappa shape index (κ1) is 14.3. The van der Waals surface area contributed by atoms with E-state index in [0.29, 0.717) is 22.1 Å². The van der Waals surface area contributed by atoms with Crippen LogP contribution in [-0.2, 0) is 0 Å². The van der Waals surface area contributed by atoms with E-state index < -0.39 is 0 Å². The molecule has 0 bridgehead atoms. The van der Waals surface area contributed by atoms with E-state index in [1.807, 2.05) is 19.9 Å². The molecule has 1 N–H and O–H groups in total. The molecule has 3 rings (SSSR count). The number of pyridine rings is 1. The quantitative estimate of drug-likeness (QED) is 0.755. The number of nitrogens with one attached hydrogen (secondary N) is 1. The minimum atomic E-state index is -0.184. The van der Waals surface area contributed by atoms with Gasteiger partial charge in [-0.05, 0) is 37.6 Å². The van der Waals surface area contributed by atoms with Gasteiger partial charge in [0.15, 0.2) is 0 Å². The van der Waals surface area contributed by atoms with Crippen LogP contribution in [0.2, 0.25) is 0 Å². The largest absolute Gasteiger partial charge is 0.350 e. The molecule has 0 radical (unpaired) electrons. The summed E-state index contributed by atoms with van der Waals surface area (Å²) in [6.07, 6.45) is 2.40. The Morgan fingerprint density at radius 1 is 1.27 bits per heavy atom. The van der Waals surface area contributed by atoms with Crippen molar-refractivity contribution in [3.05, 3.63) is 58.5 Å². The van der Waals surface area contributed by atoms with Gasteiger partial charge in [-0.2, -0.15) is 0 Å². The van der Waals surface area contributed by atoms with Crippen LogP contribution in [0.25, 0.3) is 16.6 Å². The highest BCUT2D eigenvalue weighted by molar-refractivity contribution is 5.94. The Kier molecular flexibility index (Phi) is 3.63. The second kappa shape index (κ2) is 5.60. The molecule has 0 spiro atoms. The Labute approximate surface area is 127 Å². The molecule has 1 atom stereocenters. The van der Waals surface area contributed by atoms with Crippen molar-refractivity contribution in [2.45, 2.75) is 26.3 Å². The average molecular weight is 295 g/mol. The van der Waals surface area contributed by atoms with Crippen molar-refractivity contribution in [2.75, 3.05) is 0 Å². The second-order valence-corrected chi connectivity index (χ2v) is 5.36. The van der Waals surface area contributed by atoms with E-state index in [9.17, 15) is 9.59 Å². The van der Waals surface area contributed by atoms with Gasteiger partial charge in [0.05, 0.1) is 16.5 Å². The third-order valence-corrected chi connectivity index (χ3v) is 3.77. The molecule has 0 aliphatic rings. The van der Waals surface area contributed by atoms with Gasteiger partial charge in [-0.25, -0.2) is 4.98 Å². The van der Waals surface area contributed by atoms with Crippen LogP contribution in [0.4, 0.5) is 0 Å². The zero-order valence-corrected chi connectivity index (χ0v) is 12.5. The fourth-order valence-electron chi connectivity index (χ4n) is 2.30. The van der Waals surface area contributed by atoms with E-state index in [-0.39, 0.29) is 17.5 Å². The monoisotopic (exact) mass is 295 g/mol. The predicted octanol–water partition coefficient (Wildman–Crippen LogP) is 2.38. The molecule has 2 heterocycles. The van der Waals surface area contributed by atoms with E-state index in [1.165, 1.54) is 4.40 Å². The van der Waals surface area contributed by atoms with Crippen LogP contribution >= 0.6 is 0 Å². The van der Waals surface area contributed by atoms with Gasteiger partial charge in [0.2, 0.25) is 0 Å². The first-order chi connectivity index (χ1) is 10.6. The fourth-order valence-corrected chi connectivity index (χ4v) is 2.30. The number of carbonyl (C=O) groups excluding carboxylic acids is 1. The first-order valence-corrected chi connectivity index (χ1v) is 7.32. The fraction of sp³-hybridized carbons (Fsp3) is 0.235. The third-order valence-electron chi connectivity index (χ3n) is 3.77. The predicted molar refractivity (Wildman–Crippen MR) is 86.2 cm³/mol. The second-order valence-electron chi connectivity index (χ2n) is 5.36. The molecule has 0 aliphatic carbocycles. The summed E-state index contributed by atoms with van der Waals surface area (Å²) in [5, 5.41) is 3.43. The number of aromatic nitrogens is 2. The molecule has 5 nitrogen and oxygen atoms in total. The minimum absolute atomic E-state index is 0.0923.